The molecule has 2 aromatic heterocycles. The van der Waals surface area contributed by atoms with Crippen LogP contribution in [0.25, 0.3) is 32.6 Å². The van der Waals surface area contributed by atoms with Crippen LogP contribution < -0.4 is 10.1 Å². The lowest BCUT2D eigenvalue weighted by atomic mass is 10.1. The molecule has 5 rings (SSSR count). The number of carbonyl (C=O) groups is 1. The molecule has 7 heteroatoms. The Bertz CT molecular complexity index is 1460. The van der Waals surface area contributed by atoms with Crippen molar-refractivity contribution in [3.63, 3.8) is 0 Å². The molecule has 0 fully saturated rings. The van der Waals surface area contributed by atoms with E-state index in [9.17, 15) is 4.79 Å². The topological polar surface area (TPSA) is 64.4 Å². The van der Waals surface area contributed by atoms with E-state index in [0.717, 1.165) is 37.9 Å². The van der Waals surface area contributed by atoms with Crippen molar-refractivity contribution in [2.75, 3.05) is 12.4 Å². The van der Waals surface area contributed by atoms with E-state index in [1.54, 1.807) is 19.2 Å². The molecular weight excluding hydrogens is 444 g/mol. The molecule has 1 amide bonds. The van der Waals surface area contributed by atoms with Crippen molar-refractivity contribution in [1.82, 2.24) is 4.98 Å². The average Bonchev–Trinajstić information content (AvgIpc) is 3.35. The lowest BCUT2D eigenvalue weighted by Crippen LogP contribution is -2.11. The summed E-state index contributed by atoms with van der Waals surface area (Å²) in [5.74, 6) is 0.709. The number of nitrogens with zero attached hydrogens (tertiary/aromatic N) is 1. The van der Waals surface area contributed by atoms with Gasteiger partial charge in [-0.1, -0.05) is 29.8 Å². The van der Waals surface area contributed by atoms with Gasteiger partial charge in [0.2, 0.25) is 5.89 Å². The highest BCUT2D eigenvalue weighted by molar-refractivity contribution is 7.21. The van der Waals surface area contributed by atoms with Gasteiger partial charge in [-0.3, -0.25) is 4.79 Å². The van der Waals surface area contributed by atoms with E-state index in [-0.39, 0.29) is 5.91 Å². The van der Waals surface area contributed by atoms with Gasteiger partial charge in [-0.2, -0.15) is 0 Å². The van der Waals surface area contributed by atoms with Crippen LogP contribution in [-0.4, -0.2) is 18.0 Å². The quantitative estimate of drug-likeness (QED) is 0.305. The van der Waals surface area contributed by atoms with Crippen LogP contribution in [0.1, 0.15) is 20.8 Å². The zero-order valence-electron chi connectivity index (χ0n) is 17.7. The molecule has 32 heavy (non-hydrogen) atoms. The second-order valence-corrected chi connectivity index (χ2v) is 8.96. The molecule has 0 saturated heterocycles. The predicted molar refractivity (Wildman–Crippen MR) is 130 cm³/mol. The van der Waals surface area contributed by atoms with Crippen molar-refractivity contribution in [2.45, 2.75) is 13.8 Å². The highest BCUT2D eigenvalue weighted by Gasteiger charge is 2.19. The highest BCUT2D eigenvalue weighted by Crippen LogP contribution is 2.37. The van der Waals surface area contributed by atoms with E-state index in [4.69, 9.17) is 20.8 Å². The molecule has 0 aliphatic carbocycles. The Hall–Kier alpha value is -3.35. The molecule has 0 saturated carbocycles. The summed E-state index contributed by atoms with van der Waals surface area (Å²) >= 11 is 7.84. The first kappa shape index (κ1) is 20.5. The van der Waals surface area contributed by atoms with Crippen molar-refractivity contribution in [2.24, 2.45) is 0 Å². The number of hydrogen-bond donors (Lipinski definition) is 1. The molecule has 5 nitrogen and oxygen atoms in total. The number of amides is 1. The fourth-order valence-corrected chi connectivity index (χ4v) is 4.99. The first-order valence-electron chi connectivity index (χ1n) is 9.99. The van der Waals surface area contributed by atoms with Crippen molar-refractivity contribution in [3.8, 4) is 17.2 Å². The number of ether oxygens (including phenoxy) is 1. The Morgan fingerprint density at radius 2 is 1.88 bits per heavy atom. The van der Waals surface area contributed by atoms with Gasteiger partial charge in [0.25, 0.3) is 5.91 Å². The summed E-state index contributed by atoms with van der Waals surface area (Å²) in [5.41, 5.74) is 5.06. The third-order valence-corrected chi connectivity index (χ3v) is 7.11. The van der Waals surface area contributed by atoms with Crippen LogP contribution in [0.4, 0.5) is 5.69 Å². The lowest BCUT2D eigenvalue weighted by molar-refractivity contribution is 0.103. The summed E-state index contributed by atoms with van der Waals surface area (Å²) < 4.78 is 12.4. The average molecular weight is 463 g/mol. The van der Waals surface area contributed by atoms with Gasteiger partial charge in [-0.25, -0.2) is 4.98 Å². The number of carbonyl (C=O) groups excluding carboxylic acids is 1. The SMILES string of the molecule is COc1ccc(-c2nc3cc(C)c(C)cc3o2)cc1NC(=O)c1sc2ccccc2c1Cl. The standard InChI is InChI=1S/C25H19ClN2O3S/c1-13-10-17-20(11-14(13)2)31-25(28-17)15-8-9-19(30-3)18(12-15)27-24(29)23-22(26)16-6-4-5-7-21(16)32-23/h4-12H,1-3H3,(H,27,29). The van der Waals surface area contributed by atoms with Crippen LogP contribution in [0.3, 0.4) is 0 Å². The molecule has 0 spiro atoms. The number of rotatable bonds is 4. The van der Waals surface area contributed by atoms with Gasteiger partial charge in [-0.15, -0.1) is 11.3 Å². The molecule has 0 radical (unpaired) electrons. The minimum Gasteiger partial charge on any atom is -0.495 e. The molecule has 0 unspecified atom stereocenters. The number of methoxy groups -OCH3 is 1. The van der Waals surface area contributed by atoms with Gasteiger partial charge in [0, 0.05) is 15.6 Å². The normalized spacial score (nSPS) is 11.2. The van der Waals surface area contributed by atoms with E-state index >= 15 is 0 Å². The molecule has 0 aliphatic rings. The maximum atomic E-state index is 13.1. The van der Waals surface area contributed by atoms with Gasteiger partial charge in [0.15, 0.2) is 5.58 Å². The summed E-state index contributed by atoms with van der Waals surface area (Å²) in [6.07, 6.45) is 0. The lowest BCUT2D eigenvalue weighted by Gasteiger charge is -2.11. The van der Waals surface area contributed by atoms with E-state index in [2.05, 4.69) is 10.3 Å². The number of nitrogens with one attached hydrogen (secondary N) is 1. The van der Waals surface area contributed by atoms with Gasteiger partial charge in [0.1, 0.15) is 16.1 Å². The van der Waals surface area contributed by atoms with Gasteiger partial charge < -0.3 is 14.5 Å². The van der Waals surface area contributed by atoms with E-state index in [1.807, 2.05) is 56.3 Å². The highest BCUT2D eigenvalue weighted by atomic mass is 35.5. The van der Waals surface area contributed by atoms with Crippen molar-refractivity contribution >= 4 is 55.7 Å². The minimum atomic E-state index is -0.296. The summed E-state index contributed by atoms with van der Waals surface area (Å²) in [5, 5.41) is 4.24. The van der Waals surface area contributed by atoms with Crippen LogP contribution in [0.15, 0.2) is 59.0 Å². The molecule has 0 aliphatic heterocycles. The number of fused-ring (bicyclic) bond motifs is 2. The molecule has 0 atom stereocenters. The fourth-order valence-electron chi connectivity index (χ4n) is 3.58. The summed E-state index contributed by atoms with van der Waals surface area (Å²) in [4.78, 5) is 18.1. The summed E-state index contributed by atoms with van der Waals surface area (Å²) in [6, 6.07) is 17.1. The first-order chi connectivity index (χ1) is 15.4. The first-order valence-corrected chi connectivity index (χ1v) is 11.2. The molecule has 5 aromatic rings. The van der Waals surface area contributed by atoms with Gasteiger partial charge in [-0.05, 0) is 61.4 Å². The number of anilines is 1. The zero-order chi connectivity index (χ0) is 22.4. The maximum absolute atomic E-state index is 13.1. The number of benzene rings is 3. The van der Waals surface area contributed by atoms with Crippen molar-refractivity contribution in [1.29, 1.82) is 0 Å². The fraction of sp³-hybridized carbons (Fsp3) is 0.120. The summed E-state index contributed by atoms with van der Waals surface area (Å²) in [7, 11) is 1.56. The van der Waals surface area contributed by atoms with E-state index in [1.165, 1.54) is 11.3 Å². The molecule has 1 N–H and O–H groups in total. The second kappa shape index (κ2) is 7.97. The Kier molecular flexibility index (Phi) is 5.12. The third-order valence-electron chi connectivity index (χ3n) is 5.44. The number of aryl methyl sites for hydroxylation is 2. The molecule has 3 aromatic carbocycles. The minimum absolute atomic E-state index is 0.296. The monoisotopic (exact) mass is 462 g/mol. The van der Waals surface area contributed by atoms with Crippen LogP contribution in [-0.2, 0) is 0 Å². The van der Waals surface area contributed by atoms with Crippen molar-refractivity contribution < 1.29 is 13.9 Å². The van der Waals surface area contributed by atoms with Crippen LogP contribution in [0.2, 0.25) is 5.02 Å². The number of oxazole rings is 1. The summed E-state index contributed by atoms with van der Waals surface area (Å²) in [6.45, 7) is 4.08. The molecular formula is C25H19ClN2O3S. The number of halogens is 1. The van der Waals surface area contributed by atoms with Crippen LogP contribution in [0.5, 0.6) is 5.75 Å². The Labute approximate surface area is 193 Å². The molecule has 2 heterocycles. The van der Waals surface area contributed by atoms with Gasteiger partial charge in [0.05, 0.1) is 17.8 Å². The van der Waals surface area contributed by atoms with Crippen LogP contribution >= 0.6 is 22.9 Å². The molecule has 160 valence electrons. The van der Waals surface area contributed by atoms with Crippen molar-refractivity contribution in [3.05, 3.63) is 75.6 Å². The Morgan fingerprint density at radius 1 is 1.09 bits per heavy atom. The smallest absolute Gasteiger partial charge is 0.267 e. The molecule has 0 bridgehead atoms. The van der Waals surface area contributed by atoms with Gasteiger partial charge >= 0.3 is 0 Å². The largest absolute Gasteiger partial charge is 0.495 e. The maximum Gasteiger partial charge on any atom is 0.267 e. The van der Waals surface area contributed by atoms with E-state index in [0.29, 0.717) is 27.2 Å². The van der Waals surface area contributed by atoms with E-state index < -0.39 is 0 Å². The number of aromatic nitrogens is 1. The predicted octanol–water partition coefficient (Wildman–Crippen LogP) is 7.24. The Morgan fingerprint density at radius 3 is 2.66 bits per heavy atom. The second-order valence-electron chi connectivity index (χ2n) is 7.53. The van der Waals surface area contributed by atoms with Crippen LogP contribution in [0, 0.1) is 13.8 Å². The zero-order valence-corrected chi connectivity index (χ0v) is 19.2. The number of thiophene rings is 1. The third kappa shape index (κ3) is 3.51. The Balaban J connectivity index is 1.52. The number of hydrogen-bond acceptors (Lipinski definition) is 5.